The minimum Gasteiger partial charge on any atom is -0.393 e. The zero-order valence-electron chi connectivity index (χ0n) is 18.1. The van der Waals surface area contributed by atoms with Crippen LogP contribution in [0.5, 0.6) is 0 Å². The first-order valence-corrected chi connectivity index (χ1v) is 11.0. The molecule has 1 fully saturated rings. The molecule has 0 bridgehead atoms. The van der Waals surface area contributed by atoms with Crippen molar-refractivity contribution in [2.75, 3.05) is 0 Å². The Morgan fingerprint density at radius 1 is 1.00 bits per heavy atom. The summed E-state index contributed by atoms with van der Waals surface area (Å²) in [5.74, 6) is -0.485. The Morgan fingerprint density at radius 3 is 2.13 bits per heavy atom. The number of rotatable bonds is 10. The van der Waals surface area contributed by atoms with Crippen molar-refractivity contribution in [1.29, 1.82) is 0 Å². The van der Waals surface area contributed by atoms with Gasteiger partial charge in [-0.25, -0.2) is 0 Å². The SMILES string of the molecule is C=C(CC(CC)c1ccccc1)C(CCC(C)c1ccccc1)C1CC(=O)OC1=O. The van der Waals surface area contributed by atoms with E-state index in [0.29, 0.717) is 11.8 Å². The van der Waals surface area contributed by atoms with Gasteiger partial charge in [0.1, 0.15) is 0 Å². The molecule has 0 aromatic heterocycles. The molecule has 0 amide bonds. The number of carbonyl (C=O) groups excluding carboxylic acids is 2. The van der Waals surface area contributed by atoms with Crippen LogP contribution in [0.25, 0.3) is 0 Å². The fraction of sp³-hybridized carbons (Fsp3) is 0.407. The van der Waals surface area contributed by atoms with E-state index in [9.17, 15) is 9.59 Å². The maximum absolute atomic E-state index is 12.4. The van der Waals surface area contributed by atoms with E-state index in [1.54, 1.807) is 0 Å². The van der Waals surface area contributed by atoms with Crippen molar-refractivity contribution in [2.24, 2.45) is 11.8 Å². The van der Waals surface area contributed by atoms with Crippen LogP contribution in [0.3, 0.4) is 0 Å². The highest BCUT2D eigenvalue weighted by molar-refractivity contribution is 5.95. The lowest BCUT2D eigenvalue weighted by Crippen LogP contribution is -2.22. The first kappa shape index (κ1) is 22.0. The maximum atomic E-state index is 12.4. The summed E-state index contributed by atoms with van der Waals surface area (Å²) in [4.78, 5) is 24.2. The van der Waals surface area contributed by atoms with Crippen LogP contribution in [0.4, 0.5) is 0 Å². The molecular weight excluding hydrogens is 372 g/mol. The molecule has 0 saturated carbocycles. The van der Waals surface area contributed by atoms with E-state index in [4.69, 9.17) is 4.74 Å². The van der Waals surface area contributed by atoms with Crippen LogP contribution in [0.1, 0.15) is 68.9 Å². The number of esters is 2. The molecule has 0 spiro atoms. The molecule has 1 saturated heterocycles. The fourth-order valence-corrected chi connectivity index (χ4v) is 4.56. The van der Waals surface area contributed by atoms with Gasteiger partial charge in [0.25, 0.3) is 0 Å². The summed E-state index contributed by atoms with van der Waals surface area (Å²) in [6, 6.07) is 20.9. The van der Waals surface area contributed by atoms with Crippen molar-refractivity contribution in [3.8, 4) is 0 Å². The van der Waals surface area contributed by atoms with Crippen molar-refractivity contribution in [1.82, 2.24) is 0 Å². The van der Waals surface area contributed by atoms with Crippen LogP contribution in [0.2, 0.25) is 0 Å². The molecule has 0 aliphatic carbocycles. The second kappa shape index (κ2) is 10.4. The molecule has 0 N–H and O–H groups in total. The molecule has 1 aliphatic rings. The van der Waals surface area contributed by atoms with Gasteiger partial charge in [-0.2, -0.15) is 0 Å². The Labute approximate surface area is 180 Å². The number of cyclic esters (lactones) is 2. The van der Waals surface area contributed by atoms with E-state index in [1.165, 1.54) is 11.1 Å². The van der Waals surface area contributed by atoms with Gasteiger partial charge in [-0.05, 0) is 54.6 Å². The molecule has 3 heteroatoms. The molecule has 4 unspecified atom stereocenters. The Kier molecular flexibility index (Phi) is 7.62. The second-order valence-electron chi connectivity index (χ2n) is 8.48. The number of ether oxygens (including phenoxy) is 1. The molecule has 0 radical (unpaired) electrons. The second-order valence-corrected chi connectivity index (χ2v) is 8.48. The minimum atomic E-state index is -0.408. The van der Waals surface area contributed by atoms with E-state index >= 15 is 0 Å². The summed E-state index contributed by atoms with van der Waals surface area (Å²) in [5, 5.41) is 0. The topological polar surface area (TPSA) is 43.4 Å². The zero-order valence-corrected chi connectivity index (χ0v) is 18.1. The summed E-state index contributed by atoms with van der Waals surface area (Å²) >= 11 is 0. The number of allylic oxidation sites excluding steroid dienone is 1. The molecular formula is C27H32O3. The van der Waals surface area contributed by atoms with Crippen LogP contribution < -0.4 is 0 Å². The van der Waals surface area contributed by atoms with Gasteiger partial charge in [-0.15, -0.1) is 0 Å². The summed E-state index contributed by atoms with van der Waals surface area (Å²) in [6.45, 7) is 8.80. The predicted octanol–water partition coefficient (Wildman–Crippen LogP) is 6.42. The minimum absolute atomic E-state index is 0.0344. The lowest BCUT2D eigenvalue weighted by atomic mass is 9.76. The molecule has 158 valence electrons. The Balaban J connectivity index is 1.74. The third-order valence-electron chi connectivity index (χ3n) is 6.47. The lowest BCUT2D eigenvalue weighted by molar-refractivity contribution is -0.153. The average molecular weight is 405 g/mol. The van der Waals surface area contributed by atoms with E-state index in [-0.39, 0.29) is 18.3 Å². The van der Waals surface area contributed by atoms with E-state index in [0.717, 1.165) is 31.3 Å². The molecule has 2 aromatic carbocycles. The highest BCUT2D eigenvalue weighted by Crippen LogP contribution is 2.39. The van der Waals surface area contributed by atoms with Gasteiger partial charge in [0.15, 0.2) is 0 Å². The number of hydrogen-bond acceptors (Lipinski definition) is 3. The first-order chi connectivity index (χ1) is 14.5. The largest absolute Gasteiger partial charge is 0.393 e. The van der Waals surface area contributed by atoms with Crippen molar-refractivity contribution < 1.29 is 14.3 Å². The van der Waals surface area contributed by atoms with Crippen molar-refractivity contribution in [2.45, 2.75) is 57.8 Å². The van der Waals surface area contributed by atoms with Crippen LogP contribution in [-0.2, 0) is 14.3 Å². The lowest BCUT2D eigenvalue weighted by Gasteiger charge is -2.27. The Hall–Kier alpha value is -2.68. The van der Waals surface area contributed by atoms with Gasteiger partial charge < -0.3 is 4.74 Å². The number of carbonyl (C=O) groups is 2. The molecule has 3 nitrogen and oxygen atoms in total. The molecule has 3 rings (SSSR count). The standard InChI is InChI=1S/C27H32O3/c1-4-21(23-13-9-6-10-14-23)17-20(3)24(25-18-26(28)30-27(25)29)16-15-19(2)22-11-7-5-8-12-22/h5-14,19,21,24-25H,3-4,15-18H2,1-2H3. The van der Waals surface area contributed by atoms with Crippen LogP contribution in [0, 0.1) is 11.8 Å². The maximum Gasteiger partial charge on any atom is 0.317 e. The van der Waals surface area contributed by atoms with Crippen molar-refractivity contribution in [3.63, 3.8) is 0 Å². The van der Waals surface area contributed by atoms with Crippen LogP contribution in [-0.4, -0.2) is 11.9 Å². The number of hydrogen-bond donors (Lipinski definition) is 0. The normalized spacial score (nSPS) is 19.2. The highest BCUT2D eigenvalue weighted by atomic mass is 16.6. The van der Waals surface area contributed by atoms with Gasteiger partial charge >= 0.3 is 11.9 Å². The Bertz CT molecular complexity index is 856. The Morgan fingerprint density at radius 2 is 1.60 bits per heavy atom. The van der Waals surface area contributed by atoms with Gasteiger partial charge in [0.2, 0.25) is 0 Å². The van der Waals surface area contributed by atoms with Crippen LogP contribution >= 0.6 is 0 Å². The monoisotopic (exact) mass is 404 g/mol. The summed E-state index contributed by atoms with van der Waals surface area (Å²) in [5.41, 5.74) is 3.65. The van der Waals surface area contributed by atoms with Gasteiger partial charge in [-0.1, -0.05) is 86.7 Å². The van der Waals surface area contributed by atoms with E-state index in [2.05, 4.69) is 69.0 Å². The molecule has 30 heavy (non-hydrogen) atoms. The zero-order chi connectivity index (χ0) is 21.5. The van der Waals surface area contributed by atoms with Gasteiger partial charge in [-0.3, -0.25) is 9.59 Å². The molecule has 1 aliphatic heterocycles. The fourth-order valence-electron chi connectivity index (χ4n) is 4.56. The summed E-state index contributed by atoms with van der Waals surface area (Å²) in [6.07, 6.45) is 3.76. The number of benzene rings is 2. The van der Waals surface area contributed by atoms with E-state index < -0.39 is 11.9 Å². The van der Waals surface area contributed by atoms with Gasteiger partial charge in [0, 0.05) is 0 Å². The third-order valence-corrected chi connectivity index (χ3v) is 6.47. The quantitative estimate of drug-likeness (QED) is 0.261. The summed E-state index contributed by atoms with van der Waals surface area (Å²) in [7, 11) is 0. The summed E-state index contributed by atoms with van der Waals surface area (Å²) < 4.78 is 4.89. The smallest absolute Gasteiger partial charge is 0.317 e. The molecule has 4 atom stereocenters. The first-order valence-electron chi connectivity index (χ1n) is 11.0. The molecule has 1 heterocycles. The van der Waals surface area contributed by atoms with Crippen molar-refractivity contribution >= 4 is 11.9 Å². The molecule has 2 aromatic rings. The third kappa shape index (κ3) is 5.47. The predicted molar refractivity (Wildman–Crippen MR) is 120 cm³/mol. The van der Waals surface area contributed by atoms with Gasteiger partial charge in [0.05, 0.1) is 12.3 Å². The van der Waals surface area contributed by atoms with Crippen LogP contribution in [0.15, 0.2) is 72.8 Å². The highest BCUT2D eigenvalue weighted by Gasteiger charge is 2.40. The van der Waals surface area contributed by atoms with Crippen molar-refractivity contribution in [3.05, 3.63) is 83.9 Å². The average Bonchev–Trinajstić information content (AvgIpc) is 3.10. The van der Waals surface area contributed by atoms with E-state index in [1.807, 2.05) is 12.1 Å².